The Balaban J connectivity index is 1.63. The maximum absolute atomic E-state index is 12.3. The number of hydrogen-bond donors (Lipinski definition) is 5. The van der Waals surface area contributed by atoms with E-state index in [1.165, 1.54) is 19.6 Å². The molecular formula is C18H25N5O7. The topological polar surface area (TPSA) is 172 Å². The van der Waals surface area contributed by atoms with E-state index < -0.39 is 42.4 Å². The molecular weight excluding hydrogens is 398 g/mol. The summed E-state index contributed by atoms with van der Waals surface area (Å²) in [7, 11) is 1.35. The van der Waals surface area contributed by atoms with Crippen LogP contribution in [0.25, 0.3) is 0 Å². The fourth-order valence-corrected chi connectivity index (χ4v) is 3.37. The van der Waals surface area contributed by atoms with Crippen molar-refractivity contribution in [1.82, 2.24) is 24.8 Å². The normalized spacial score (nSPS) is 23.6. The standard InChI is InChI=1S/C18H25N5O7/c1-29-15-14(26)12(8-24)30-17(15)23-7-10(16(27)22-18(23)28)3-2-4-20-13(25)5-11-6-19-9-21-11/h6-7,9,12,14-15,17,24,26H,2-5,8H2,1H3,(H,19,21)(H,20,25)(H,22,27,28)/t12-,14-,15-,17-/m1/s1. The molecule has 0 saturated carbocycles. The Hall–Kier alpha value is -2.80. The first-order valence-electron chi connectivity index (χ1n) is 9.50. The Bertz CT molecular complexity index is 955. The molecule has 164 valence electrons. The highest BCUT2D eigenvalue weighted by Crippen LogP contribution is 2.30. The van der Waals surface area contributed by atoms with Crippen molar-refractivity contribution < 1.29 is 24.5 Å². The van der Waals surface area contributed by atoms with Gasteiger partial charge < -0.3 is 30.0 Å². The number of rotatable bonds is 9. The highest BCUT2D eigenvalue weighted by molar-refractivity contribution is 5.77. The molecule has 2 aromatic rings. The van der Waals surface area contributed by atoms with E-state index >= 15 is 0 Å². The number of aromatic amines is 2. The maximum atomic E-state index is 12.3. The number of H-pyrrole nitrogens is 2. The van der Waals surface area contributed by atoms with Gasteiger partial charge in [0.15, 0.2) is 6.23 Å². The Morgan fingerprint density at radius 2 is 2.23 bits per heavy atom. The Morgan fingerprint density at radius 1 is 1.43 bits per heavy atom. The summed E-state index contributed by atoms with van der Waals surface area (Å²) in [6.45, 7) is -0.0990. The number of aromatic nitrogens is 4. The van der Waals surface area contributed by atoms with E-state index in [4.69, 9.17) is 9.47 Å². The summed E-state index contributed by atoms with van der Waals surface area (Å²) in [5, 5.41) is 22.2. The molecule has 1 fully saturated rings. The van der Waals surface area contributed by atoms with E-state index in [1.54, 1.807) is 6.20 Å². The second-order valence-electron chi connectivity index (χ2n) is 6.97. The number of carbonyl (C=O) groups is 1. The lowest BCUT2D eigenvalue weighted by Crippen LogP contribution is -2.40. The lowest BCUT2D eigenvalue weighted by Gasteiger charge is -2.20. The number of nitrogens with one attached hydrogen (secondary N) is 3. The molecule has 3 rings (SSSR count). The van der Waals surface area contributed by atoms with E-state index in [0.29, 0.717) is 30.6 Å². The van der Waals surface area contributed by atoms with Gasteiger partial charge in [-0.2, -0.15) is 0 Å². The van der Waals surface area contributed by atoms with Crippen LogP contribution >= 0.6 is 0 Å². The van der Waals surface area contributed by atoms with Gasteiger partial charge in [-0.3, -0.25) is 19.1 Å². The molecule has 12 nitrogen and oxygen atoms in total. The summed E-state index contributed by atoms with van der Waals surface area (Å²) < 4.78 is 11.9. The summed E-state index contributed by atoms with van der Waals surface area (Å²) in [5.74, 6) is -0.176. The predicted octanol–water partition coefficient (Wildman–Crippen LogP) is -2.18. The van der Waals surface area contributed by atoms with E-state index in [0.717, 1.165) is 4.57 Å². The van der Waals surface area contributed by atoms with Crippen molar-refractivity contribution in [3.8, 4) is 0 Å². The number of ether oxygens (including phenoxy) is 2. The van der Waals surface area contributed by atoms with Crippen LogP contribution in [0.4, 0.5) is 0 Å². The van der Waals surface area contributed by atoms with Gasteiger partial charge in [0.25, 0.3) is 5.56 Å². The molecule has 30 heavy (non-hydrogen) atoms. The number of amides is 1. The zero-order valence-corrected chi connectivity index (χ0v) is 16.4. The first kappa shape index (κ1) is 21.9. The molecule has 4 atom stereocenters. The van der Waals surface area contributed by atoms with Crippen LogP contribution in [0.5, 0.6) is 0 Å². The van der Waals surface area contributed by atoms with Crippen molar-refractivity contribution in [3.63, 3.8) is 0 Å². The summed E-state index contributed by atoms with van der Waals surface area (Å²) >= 11 is 0. The number of aliphatic hydroxyl groups is 2. The molecule has 1 saturated heterocycles. The van der Waals surface area contributed by atoms with Gasteiger partial charge in [0.05, 0.1) is 19.4 Å². The van der Waals surface area contributed by atoms with E-state index in [2.05, 4.69) is 20.3 Å². The molecule has 0 spiro atoms. The first-order chi connectivity index (χ1) is 14.4. The van der Waals surface area contributed by atoms with Gasteiger partial charge in [-0.05, 0) is 12.8 Å². The van der Waals surface area contributed by atoms with Crippen LogP contribution in [0.1, 0.15) is 23.9 Å². The van der Waals surface area contributed by atoms with E-state index in [-0.39, 0.29) is 12.3 Å². The third kappa shape index (κ3) is 4.84. The summed E-state index contributed by atoms with van der Waals surface area (Å²) in [5.41, 5.74) is -0.234. The van der Waals surface area contributed by atoms with Gasteiger partial charge in [0, 0.05) is 37.3 Å². The average molecular weight is 423 g/mol. The molecule has 5 N–H and O–H groups in total. The van der Waals surface area contributed by atoms with Gasteiger partial charge >= 0.3 is 5.69 Å². The van der Waals surface area contributed by atoms with Crippen LogP contribution in [0.15, 0.2) is 28.3 Å². The van der Waals surface area contributed by atoms with Crippen molar-refractivity contribution in [2.24, 2.45) is 0 Å². The number of carbonyl (C=O) groups excluding carboxylic acids is 1. The monoisotopic (exact) mass is 423 g/mol. The zero-order chi connectivity index (χ0) is 21.7. The van der Waals surface area contributed by atoms with Crippen molar-refractivity contribution in [2.45, 2.75) is 43.8 Å². The zero-order valence-electron chi connectivity index (χ0n) is 16.4. The van der Waals surface area contributed by atoms with E-state index in [1.807, 2.05) is 0 Å². The largest absolute Gasteiger partial charge is 0.394 e. The molecule has 3 heterocycles. The van der Waals surface area contributed by atoms with Crippen molar-refractivity contribution >= 4 is 5.91 Å². The van der Waals surface area contributed by atoms with Crippen LogP contribution in [-0.4, -0.2) is 74.2 Å². The Kier molecular flexibility index (Phi) is 7.15. The number of methoxy groups -OCH3 is 1. The maximum Gasteiger partial charge on any atom is 0.330 e. The number of aryl methyl sites for hydroxylation is 1. The molecule has 2 aromatic heterocycles. The SMILES string of the molecule is CO[C@@H]1[C@H](O)[C@@H](CO)O[C@H]1n1cc(CCCNC(=O)Cc2cnc[nH]2)c(=O)[nH]c1=O. The number of imidazole rings is 1. The van der Waals surface area contributed by atoms with Gasteiger partial charge in [-0.1, -0.05) is 0 Å². The fraction of sp³-hybridized carbons (Fsp3) is 0.556. The van der Waals surface area contributed by atoms with Crippen LogP contribution in [-0.2, 0) is 27.1 Å². The Morgan fingerprint density at radius 3 is 2.90 bits per heavy atom. The highest BCUT2D eigenvalue weighted by Gasteiger charge is 2.45. The Labute approximate surface area is 170 Å². The van der Waals surface area contributed by atoms with Gasteiger partial charge in [-0.15, -0.1) is 0 Å². The van der Waals surface area contributed by atoms with Crippen LogP contribution in [0.3, 0.4) is 0 Å². The predicted molar refractivity (Wildman–Crippen MR) is 103 cm³/mol. The van der Waals surface area contributed by atoms with Crippen LogP contribution in [0, 0.1) is 0 Å². The summed E-state index contributed by atoms with van der Waals surface area (Å²) in [6.07, 6.45) is 1.44. The molecule has 0 aliphatic carbocycles. The molecule has 1 amide bonds. The lowest BCUT2D eigenvalue weighted by molar-refractivity contribution is -0.120. The average Bonchev–Trinajstić information content (AvgIpc) is 3.33. The summed E-state index contributed by atoms with van der Waals surface area (Å²) in [4.78, 5) is 45.2. The lowest BCUT2D eigenvalue weighted by atomic mass is 10.1. The molecule has 1 aliphatic heterocycles. The van der Waals surface area contributed by atoms with Crippen molar-refractivity contribution in [1.29, 1.82) is 0 Å². The minimum atomic E-state index is -1.13. The fourth-order valence-electron chi connectivity index (χ4n) is 3.37. The molecule has 0 unspecified atom stereocenters. The van der Waals surface area contributed by atoms with Crippen molar-refractivity contribution in [3.05, 3.63) is 50.8 Å². The second kappa shape index (κ2) is 9.80. The second-order valence-corrected chi connectivity index (χ2v) is 6.97. The smallest absolute Gasteiger partial charge is 0.330 e. The van der Waals surface area contributed by atoms with Gasteiger partial charge in [0.1, 0.15) is 18.3 Å². The molecule has 1 aliphatic rings. The van der Waals surface area contributed by atoms with Crippen LogP contribution < -0.4 is 16.6 Å². The van der Waals surface area contributed by atoms with Crippen LogP contribution in [0.2, 0.25) is 0 Å². The van der Waals surface area contributed by atoms with Gasteiger partial charge in [0.2, 0.25) is 5.91 Å². The third-order valence-corrected chi connectivity index (χ3v) is 4.93. The number of aliphatic hydroxyl groups excluding tert-OH is 2. The first-order valence-corrected chi connectivity index (χ1v) is 9.50. The molecule has 0 aromatic carbocycles. The molecule has 0 bridgehead atoms. The molecule has 0 radical (unpaired) electrons. The van der Waals surface area contributed by atoms with E-state index in [9.17, 15) is 24.6 Å². The number of hydrogen-bond acceptors (Lipinski definition) is 8. The molecule has 12 heteroatoms. The quantitative estimate of drug-likeness (QED) is 0.283. The highest BCUT2D eigenvalue weighted by atomic mass is 16.6. The van der Waals surface area contributed by atoms with Crippen molar-refractivity contribution in [2.75, 3.05) is 20.3 Å². The minimum absolute atomic E-state index is 0.176. The minimum Gasteiger partial charge on any atom is -0.394 e. The number of nitrogens with zero attached hydrogens (tertiary/aromatic N) is 2. The van der Waals surface area contributed by atoms with Gasteiger partial charge in [-0.25, -0.2) is 9.78 Å². The summed E-state index contributed by atoms with van der Waals surface area (Å²) in [6, 6.07) is 0. The third-order valence-electron chi connectivity index (χ3n) is 4.93.